The molecule has 0 saturated carbocycles. The summed E-state index contributed by atoms with van der Waals surface area (Å²) in [6.45, 7) is 4.63. The number of aliphatic hydroxyl groups is 1. The van der Waals surface area contributed by atoms with Crippen LogP contribution in [-0.2, 0) is 32.6 Å². The van der Waals surface area contributed by atoms with E-state index in [1.807, 2.05) is 62.2 Å². The number of allylic oxidation sites excluding steroid dienone is 5. The van der Waals surface area contributed by atoms with Crippen LogP contribution in [0.5, 0.6) is 0 Å². The third-order valence-electron chi connectivity index (χ3n) is 8.66. The van der Waals surface area contributed by atoms with E-state index in [-0.39, 0.29) is 55.3 Å². The molecule has 3 aliphatic rings. The van der Waals surface area contributed by atoms with Gasteiger partial charge in [-0.1, -0.05) is 50.3 Å². The van der Waals surface area contributed by atoms with E-state index >= 15 is 0 Å². The van der Waals surface area contributed by atoms with E-state index in [0.717, 1.165) is 35.4 Å². The number of alkyl carbamates (subject to hydrolysis) is 1. The van der Waals surface area contributed by atoms with Crippen LogP contribution in [-0.4, -0.2) is 102 Å². The van der Waals surface area contributed by atoms with Crippen LogP contribution in [0.2, 0.25) is 0 Å². The Bertz CT molecular complexity index is 1690. The molecule has 258 valence electrons. The summed E-state index contributed by atoms with van der Waals surface area (Å²) in [5.74, 6) is 0.409. The number of likely N-dealkylation sites (tertiary alicyclic amines) is 1. The quantitative estimate of drug-likeness (QED) is 0.305. The molecule has 0 spiro atoms. The molecule has 0 radical (unpaired) electrons. The fraction of sp³-hybridized carbons (Fsp3) is 0.471. The van der Waals surface area contributed by atoms with Crippen LogP contribution in [0.4, 0.5) is 4.79 Å². The zero-order chi connectivity index (χ0) is 34.4. The fourth-order valence-electron chi connectivity index (χ4n) is 6.03. The second-order valence-corrected chi connectivity index (χ2v) is 15.8. The molecule has 3 heterocycles. The van der Waals surface area contributed by atoms with Gasteiger partial charge in [0.25, 0.3) is 0 Å². The number of rotatable bonds is 14. The summed E-state index contributed by atoms with van der Waals surface area (Å²) in [5.41, 5.74) is 3.84. The predicted molar refractivity (Wildman–Crippen MR) is 185 cm³/mol. The molecule has 1 aromatic carbocycles. The number of carbonyl (C=O) groups excluding carboxylic acids is 2. The Balaban J connectivity index is 1.30. The third-order valence-corrected chi connectivity index (χ3v) is 11.3. The number of aromatic nitrogens is 1. The number of aliphatic hydroxyl groups excluding tert-OH is 1. The zero-order valence-corrected chi connectivity index (χ0v) is 29.4. The second-order valence-electron chi connectivity index (χ2n) is 12.8. The summed E-state index contributed by atoms with van der Waals surface area (Å²) >= 11 is 1.36. The van der Waals surface area contributed by atoms with Gasteiger partial charge in [0.1, 0.15) is 12.4 Å². The van der Waals surface area contributed by atoms with Crippen molar-refractivity contribution in [1.82, 2.24) is 24.4 Å². The van der Waals surface area contributed by atoms with Crippen LogP contribution in [0, 0.1) is 5.92 Å². The van der Waals surface area contributed by atoms with Crippen LogP contribution in [0.25, 0.3) is 0 Å². The van der Waals surface area contributed by atoms with Crippen molar-refractivity contribution in [3.05, 3.63) is 87.0 Å². The molecular weight excluding hydrogens is 653 g/mol. The number of carbonyl (C=O) groups is 2. The Morgan fingerprint density at radius 2 is 1.96 bits per heavy atom. The van der Waals surface area contributed by atoms with Crippen molar-refractivity contribution < 1.29 is 27.9 Å². The maximum atomic E-state index is 14.2. The van der Waals surface area contributed by atoms with Crippen molar-refractivity contribution in [3.63, 3.8) is 0 Å². The molecule has 1 aromatic heterocycles. The van der Waals surface area contributed by atoms with Gasteiger partial charge in [-0.05, 0) is 56.5 Å². The Morgan fingerprint density at radius 1 is 1.19 bits per heavy atom. The fourth-order valence-corrected chi connectivity index (χ4v) is 8.27. The lowest BCUT2D eigenvalue weighted by molar-refractivity contribution is -0.132. The third kappa shape index (κ3) is 8.66. The summed E-state index contributed by atoms with van der Waals surface area (Å²) in [6.07, 6.45) is 6.81. The van der Waals surface area contributed by atoms with Crippen molar-refractivity contribution in [2.75, 3.05) is 33.7 Å². The number of ether oxygens (including phenoxy) is 1. The minimum Gasteiger partial charge on any atom is -0.444 e. The van der Waals surface area contributed by atoms with E-state index in [0.29, 0.717) is 11.5 Å². The number of amides is 2. The Morgan fingerprint density at radius 3 is 2.62 bits per heavy atom. The molecule has 3 unspecified atom stereocenters. The molecule has 14 heteroatoms. The molecule has 3 atom stereocenters. The van der Waals surface area contributed by atoms with E-state index < -0.39 is 28.3 Å². The molecule has 1 saturated heterocycles. The number of nitrogens with one attached hydrogen (secondary N) is 1. The maximum Gasteiger partial charge on any atom is 0.407 e. The van der Waals surface area contributed by atoms with Gasteiger partial charge in [-0.3, -0.25) is 19.6 Å². The minimum atomic E-state index is -4.05. The van der Waals surface area contributed by atoms with Crippen LogP contribution in [0.1, 0.15) is 43.6 Å². The summed E-state index contributed by atoms with van der Waals surface area (Å²) < 4.78 is 35.0. The van der Waals surface area contributed by atoms with E-state index in [9.17, 15) is 23.1 Å². The monoisotopic (exact) mass is 696 g/mol. The van der Waals surface area contributed by atoms with Gasteiger partial charge in [0.2, 0.25) is 15.9 Å². The topological polar surface area (TPSA) is 145 Å². The van der Waals surface area contributed by atoms with Crippen molar-refractivity contribution >= 4 is 39.1 Å². The first-order valence-corrected chi connectivity index (χ1v) is 18.5. The highest BCUT2D eigenvalue weighted by atomic mass is 32.2. The number of nitrogens with zero attached hydrogens (tertiary/aromatic N) is 5. The van der Waals surface area contributed by atoms with Crippen LogP contribution in [0.15, 0.2) is 81.6 Å². The van der Waals surface area contributed by atoms with Crippen LogP contribution >= 0.6 is 11.3 Å². The lowest BCUT2D eigenvalue weighted by atomic mass is 10.0. The molecule has 1 aliphatic carbocycles. The smallest absolute Gasteiger partial charge is 0.407 e. The average Bonchev–Trinajstić information content (AvgIpc) is 3.83. The highest BCUT2D eigenvalue weighted by Gasteiger charge is 2.36. The molecule has 12 nitrogen and oxygen atoms in total. The van der Waals surface area contributed by atoms with Gasteiger partial charge in [-0.15, -0.1) is 11.3 Å². The number of hydrogen-bond donors (Lipinski definition) is 2. The first-order valence-electron chi connectivity index (χ1n) is 16.1. The van der Waals surface area contributed by atoms with Gasteiger partial charge in [0.15, 0.2) is 0 Å². The van der Waals surface area contributed by atoms with Crippen molar-refractivity contribution in [2.45, 2.75) is 64.3 Å². The Hall–Kier alpha value is -3.69. The van der Waals surface area contributed by atoms with Gasteiger partial charge in [0.05, 0.1) is 39.2 Å². The van der Waals surface area contributed by atoms with Gasteiger partial charge in [0, 0.05) is 38.3 Å². The first kappa shape index (κ1) is 35.6. The number of hydrogen-bond acceptors (Lipinski definition) is 10. The maximum absolute atomic E-state index is 14.2. The Labute approximate surface area is 286 Å². The average molecular weight is 697 g/mol. The summed E-state index contributed by atoms with van der Waals surface area (Å²) in [4.78, 5) is 39.2. The molecular formula is C34H44N6O6S2. The number of benzene rings is 1. The van der Waals surface area contributed by atoms with Crippen molar-refractivity contribution in [1.29, 1.82) is 0 Å². The molecule has 2 amide bonds. The lowest BCUT2D eigenvalue weighted by Gasteiger charge is -2.31. The van der Waals surface area contributed by atoms with Gasteiger partial charge in [-0.2, -0.15) is 4.31 Å². The number of aliphatic imine (C=N–C) groups is 1. The highest BCUT2D eigenvalue weighted by molar-refractivity contribution is 7.93. The lowest BCUT2D eigenvalue weighted by Crippen LogP contribution is -2.51. The minimum absolute atomic E-state index is 0.0320. The molecule has 5 rings (SSSR count). The normalized spacial score (nSPS) is 19.3. The molecule has 2 N–H and O–H groups in total. The molecule has 2 aromatic rings. The molecule has 1 fully saturated rings. The number of likely N-dealkylation sites (N-methyl/N-ethyl adjacent to an activating group) is 2. The van der Waals surface area contributed by atoms with E-state index in [1.165, 1.54) is 15.6 Å². The molecule has 48 heavy (non-hydrogen) atoms. The van der Waals surface area contributed by atoms with Crippen LogP contribution < -0.4 is 5.32 Å². The van der Waals surface area contributed by atoms with Crippen molar-refractivity contribution in [3.8, 4) is 0 Å². The van der Waals surface area contributed by atoms with Gasteiger partial charge in [-0.25, -0.2) is 18.2 Å². The van der Waals surface area contributed by atoms with Gasteiger partial charge < -0.3 is 15.2 Å². The number of fused-ring (bicyclic) bond motifs is 1. The largest absolute Gasteiger partial charge is 0.444 e. The van der Waals surface area contributed by atoms with Gasteiger partial charge >= 0.3 is 6.09 Å². The molecule has 0 bridgehead atoms. The van der Waals surface area contributed by atoms with E-state index in [2.05, 4.69) is 15.3 Å². The number of sulfonamides is 1. The SMILES string of the molecule is CC(C)CN(CC(O)C(Cc1ccccc1)NC(=O)OCc1cncs1)S(=O)(=O)C1=CC=C2C=C(N(C)C(=O)C3CCCN3C)N=C2C1. The predicted octanol–water partition coefficient (Wildman–Crippen LogP) is 3.69. The summed E-state index contributed by atoms with van der Waals surface area (Å²) in [5, 5.41) is 14.3. The second kappa shape index (κ2) is 15.7. The number of thiazole rings is 1. The van der Waals surface area contributed by atoms with Crippen molar-refractivity contribution in [2.24, 2.45) is 10.9 Å². The highest BCUT2D eigenvalue weighted by Crippen LogP contribution is 2.31. The zero-order valence-electron chi connectivity index (χ0n) is 27.8. The Kier molecular flexibility index (Phi) is 11.6. The van der Waals surface area contributed by atoms with E-state index in [4.69, 9.17) is 4.74 Å². The summed E-state index contributed by atoms with van der Waals surface area (Å²) in [7, 11) is -0.408. The van der Waals surface area contributed by atoms with Crippen LogP contribution in [0.3, 0.4) is 0 Å². The summed E-state index contributed by atoms with van der Waals surface area (Å²) in [6, 6.07) is 8.32. The van der Waals surface area contributed by atoms with E-state index in [1.54, 1.807) is 35.8 Å². The standard InChI is InChI=1S/C34H44N6O6S2/c1-23(2)19-40(20-31(41)29(15-24-9-6-5-7-10-24)37-34(43)46-21-26-18-35-22-47-26)48(44,45)27-13-12-25-16-32(36-28(25)17-27)39(4)33(42)30-11-8-14-38(30)3/h5-7,9-10,12-13,16,18,22-23,29-31,41H,8,11,14-15,17,19-21H2,1-4H3,(H,37,43). The first-order chi connectivity index (χ1) is 22.9. The molecule has 2 aliphatic heterocycles.